The lowest BCUT2D eigenvalue weighted by Crippen LogP contribution is -2.28. The van der Waals surface area contributed by atoms with E-state index in [9.17, 15) is 0 Å². The fourth-order valence-corrected chi connectivity index (χ4v) is 1.81. The van der Waals surface area contributed by atoms with Crippen molar-refractivity contribution in [1.82, 2.24) is 5.32 Å². The summed E-state index contributed by atoms with van der Waals surface area (Å²) < 4.78 is 0. The summed E-state index contributed by atoms with van der Waals surface area (Å²) in [6.45, 7) is 13.3. The Morgan fingerprint density at radius 3 is 2.29 bits per heavy atom. The largest absolute Gasteiger partial charge is 0.316 e. The average Bonchev–Trinajstić information content (AvgIpc) is 2.13. The van der Waals surface area contributed by atoms with E-state index in [2.05, 4.69) is 58.1 Å². The number of aryl methyl sites for hydroxylation is 2. The predicted molar refractivity (Wildman–Crippen MR) is 79.2 cm³/mol. The molecule has 0 saturated carbocycles. The summed E-state index contributed by atoms with van der Waals surface area (Å²) in [7, 11) is 0. The van der Waals surface area contributed by atoms with Gasteiger partial charge in [-0.25, -0.2) is 0 Å². The van der Waals surface area contributed by atoms with Crippen molar-refractivity contribution in [3.63, 3.8) is 0 Å². The van der Waals surface area contributed by atoms with Crippen molar-refractivity contribution >= 4 is 12.4 Å². The van der Waals surface area contributed by atoms with Crippen molar-refractivity contribution in [2.45, 2.75) is 41.0 Å². The molecule has 17 heavy (non-hydrogen) atoms. The number of hydrogen-bond donors (Lipinski definition) is 1. The van der Waals surface area contributed by atoms with E-state index in [1.807, 2.05) is 0 Å². The molecule has 0 unspecified atom stereocenters. The second-order valence-corrected chi connectivity index (χ2v) is 5.92. The Kier molecular flexibility index (Phi) is 6.81. The summed E-state index contributed by atoms with van der Waals surface area (Å²) in [6.07, 6.45) is 1.13. The number of hydrogen-bond acceptors (Lipinski definition) is 1. The molecule has 0 bridgehead atoms. The predicted octanol–water partition coefficient (Wildman–Crippen LogP) is 3.90. The molecule has 0 fully saturated rings. The second kappa shape index (κ2) is 7.03. The maximum absolute atomic E-state index is 3.52. The van der Waals surface area contributed by atoms with Crippen LogP contribution in [0.25, 0.3) is 0 Å². The molecule has 0 radical (unpaired) electrons. The van der Waals surface area contributed by atoms with E-state index in [1.165, 1.54) is 16.7 Å². The molecule has 0 aromatic heterocycles. The topological polar surface area (TPSA) is 12.0 Å². The van der Waals surface area contributed by atoms with Crippen LogP contribution in [0, 0.1) is 19.3 Å². The monoisotopic (exact) mass is 255 g/mol. The van der Waals surface area contributed by atoms with Crippen LogP contribution in [-0.2, 0) is 6.42 Å². The molecule has 2 heteroatoms. The minimum absolute atomic E-state index is 0. The molecule has 1 aromatic rings. The van der Waals surface area contributed by atoms with Gasteiger partial charge in [0.05, 0.1) is 0 Å². The molecule has 0 aliphatic rings. The van der Waals surface area contributed by atoms with Gasteiger partial charge in [0, 0.05) is 6.54 Å². The molecule has 0 saturated heterocycles. The normalized spacial score (nSPS) is 11.1. The molecule has 1 nitrogen and oxygen atoms in total. The first-order valence-electron chi connectivity index (χ1n) is 6.15. The molecule has 0 atom stereocenters. The Labute approximate surface area is 112 Å². The Bertz CT molecular complexity index is 339. The SMILES string of the molecule is Cc1ccc(CCNCC(C)(C)C)c(C)c1.Cl. The third kappa shape index (κ3) is 6.70. The van der Waals surface area contributed by atoms with Crippen LogP contribution >= 0.6 is 12.4 Å². The van der Waals surface area contributed by atoms with Gasteiger partial charge in [-0.3, -0.25) is 0 Å². The first-order chi connectivity index (χ1) is 7.38. The maximum Gasteiger partial charge on any atom is 0.000000407 e. The van der Waals surface area contributed by atoms with Gasteiger partial charge >= 0.3 is 0 Å². The van der Waals surface area contributed by atoms with Crippen LogP contribution < -0.4 is 5.32 Å². The average molecular weight is 256 g/mol. The summed E-state index contributed by atoms with van der Waals surface area (Å²) in [4.78, 5) is 0. The van der Waals surface area contributed by atoms with Gasteiger partial charge in [0.2, 0.25) is 0 Å². The van der Waals surface area contributed by atoms with Gasteiger partial charge < -0.3 is 5.32 Å². The van der Waals surface area contributed by atoms with Gasteiger partial charge in [-0.05, 0) is 43.4 Å². The minimum atomic E-state index is 0. The van der Waals surface area contributed by atoms with E-state index >= 15 is 0 Å². The van der Waals surface area contributed by atoms with Crippen molar-refractivity contribution in [1.29, 1.82) is 0 Å². The zero-order chi connectivity index (χ0) is 12.2. The minimum Gasteiger partial charge on any atom is -0.316 e. The lowest BCUT2D eigenvalue weighted by atomic mass is 9.97. The van der Waals surface area contributed by atoms with E-state index in [4.69, 9.17) is 0 Å². The lowest BCUT2D eigenvalue weighted by molar-refractivity contribution is 0.381. The molecule has 0 aliphatic heterocycles. The van der Waals surface area contributed by atoms with Crippen LogP contribution in [0.15, 0.2) is 18.2 Å². The highest BCUT2D eigenvalue weighted by atomic mass is 35.5. The first-order valence-corrected chi connectivity index (χ1v) is 6.15. The zero-order valence-electron chi connectivity index (χ0n) is 11.8. The van der Waals surface area contributed by atoms with Crippen LogP contribution in [0.4, 0.5) is 0 Å². The van der Waals surface area contributed by atoms with Crippen LogP contribution in [0.1, 0.15) is 37.5 Å². The summed E-state index contributed by atoms with van der Waals surface area (Å²) >= 11 is 0. The Balaban J connectivity index is 0.00000256. The smallest absolute Gasteiger partial charge is 0.000000407 e. The summed E-state index contributed by atoms with van der Waals surface area (Å²) in [5, 5.41) is 3.52. The molecule has 1 rings (SSSR count). The van der Waals surface area contributed by atoms with Gasteiger partial charge in [-0.1, -0.05) is 44.5 Å². The molecular weight excluding hydrogens is 230 g/mol. The van der Waals surface area contributed by atoms with Crippen molar-refractivity contribution in [3.05, 3.63) is 34.9 Å². The molecule has 0 heterocycles. The van der Waals surface area contributed by atoms with Crippen molar-refractivity contribution in [2.24, 2.45) is 5.41 Å². The van der Waals surface area contributed by atoms with E-state index in [1.54, 1.807) is 0 Å². The highest BCUT2D eigenvalue weighted by Gasteiger charge is 2.08. The maximum atomic E-state index is 3.52. The zero-order valence-corrected chi connectivity index (χ0v) is 12.6. The Morgan fingerprint density at radius 1 is 1.12 bits per heavy atom. The van der Waals surface area contributed by atoms with E-state index in [-0.39, 0.29) is 12.4 Å². The molecular formula is C15H26ClN. The van der Waals surface area contributed by atoms with Gasteiger partial charge in [0.25, 0.3) is 0 Å². The lowest BCUT2D eigenvalue weighted by Gasteiger charge is -2.19. The van der Waals surface area contributed by atoms with Crippen LogP contribution in [0.5, 0.6) is 0 Å². The Morgan fingerprint density at radius 2 is 1.76 bits per heavy atom. The molecule has 0 aliphatic carbocycles. The Hall–Kier alpha value is -0.530. The van der Waals surface area contributed by atoms with Crippen LogP contribution in [0.3, 0.4) is 0 Å². The molecule has 1 N–H and O–H groups in total. The van der Waals surface area contributed by atoms with Crippen LogP contribution in [0.2, 0.25) is 0 Å². The summed E-state index contributed by atoms with van der Waals surface area (Å²) in [6, 6.07) is 6.72. The van der Waals surface area contributed by atoms with E-state index in [0.29, 0.717) is 5.41 Å². The highest BCUT2D eigenvalue weighted by molar-refractivity contribution is 5.85. The third-order valence-corrected chi connectivity index (χ3v) is 2.72. The number of benzene rings is 1. The fraction of sp³-hybridized carbons (Fsp3) is 0.600. The first kappa shape index (κ1) is 16.5. The standard InChI is InChI=1S/C15H25N.ClH/c1-12-6-7-14(13(2)10-12)8-9-16-11-15(3,4)5;/h6-7,10,16H,8-9,11H2,1-5H3;1H. The molecule has 0 spiro atoms. The van der Waals surface area contributed by atoms with Crippen molar-refractivity contribution in [3.8, 4) is 0 Å². The second-order valence-electron chi connectivity index (χ2n) is 5.92. The number of rotatable bonds is 4. The molecule has 0 amide bonds. The van der Waals surface area contributed by atoms with E-state index in [0.717, 1.165) is 19.5 Å². The number of nitrogens with one attached hydrogen (secondary N) is 1. The van der Waals surface area contributed by atoms with Gasteiger partial charge in [-0.15, -0.1) is 12.4 Å². The van der Waals surface area contributed by atoms with Crippen molar-refractivity contribution in [2.75, 3.05) is 13.1 Å². The highest BCUT2D eigenvalue weighted by Crippen LogP contribution is 2.12. The number of halogens is 1. The summed E-state index contributed by atoms with van der Waals surface area (Å²) in [5.74, 6) is 0. The fourth-order valence-electron chi connectivity index (χ4n) is 1.81. The molecule has 1 aromatic carbocycles. The van der Waals surface area contributed by atoms with Gasteiger partial charge in [0.1, 0.15) is 0 Å². The third-order valence-electron chi connectivity index (χ3n) is 2.72. The molecule has 98 valence electrons. The van der Waals surface area contributed by atoms with Crippen molar-refractivity contribution < 1.29 is 0 Å². The van der Waals surface area contributed by atoms with Gasteiger partial charge in [-0.2, -0.15) is 0 Å². The van der Waals surface area contributed by atoms with Gasteiger partial charge in [0.15, 0.2) is 0 Å². The van der Waals surface area contributed by atoms with Crippen LogP contribution in [-0.4, -0.2) is 13.1 Å². The van der Waals surface area contributed by atoms with E-state index < -0.39 is 0 Å². The summed E-state index contributed by atoms with van der Waals surface area (Å²) in [5.41, 5.74) is 4.61. The quantitative estimate of drug-likeness (QED) is 0.805.